The second kappa shape index (κ2) is 4.44. The van der Waals surface area contributed by atoms with Crippen LogP contribution in [0.5, 0.6) is 0 Å². The van der Waals surface area contributed by atoms with Crippen LogP contribution in [0.4, 0.5) is 19.1 Å². The van der Waals surface area contributed by atoms with Crippen LogP contribution in [-0.2, 0) is 12.7 Å². The Morgan fingerprint density at radius 2 is 1.88 bits per heavy atom. The van der Waals surface area contributed by atoms with Crippen molar-refractivity contribution in [2.75, 3.05) is 5.32 Å². The first kappa shape index (κ1) is 11.4. The summed E-state index contributed by atoms with van der Waals surface area (Å²) in [4.78, 5) is 3.83. The molecule has 2 N–H and O–H groups in total. The zero-order chi connectivity index (χ0) is 12.3. The highest BCUT2D eigenvalue weighted by Gasteiger charge is 2.29. The predicted octanol–water partition coefficient (Wildman–Crippen LogP) is 2.44. The fourth-order valence-corrected chi connectivity index (χ4v) is 1.29. The summed E-state index contributed by atoms with van der Waals surface area (Å²) in [5.74, 6) is 0.477. The van der Waals surface area contributed by atoms with E-state index in [-0.39, 0.29) is 0 Å². The van der Waals surface area contributed by atoms with Crippen molar-refractivity contribution in [3.63, 3.8) is 0 Å². The normalized spacial score (nSPS) is 11.5. The van der Waals surface area contributed by atoms with E-state index < -0.39 is 11.7 Å². The fourth-order valence-electron chi connectivity index (χ4n) is 1.29. The molecular formula is C10H9F3N4. The molecule has 4 nitrogen and oxygen atoms in total. The van der Waals surface area contributed by atoms with E-state index in [1.807, 2.05) is 0 Å². The molecule has 0 aliphatic rings. The molecule has 1 aromatic heterocycles. The summed E-state index contributed by atoms with van der Waals surface area (Å²) in [7, 11) is 0. The Kier molecular flexibility index (Phi) is 2.99. The summed E-state index contributed by atoms with van der Waals surface area (Å²) in [5.41, 5.74) is 0.0790. The summed E-state index contributed by atoms with van der Waals surface area (Å²) < 4.78 is 36.9. The van der Waals surface area contributed by atoms with Crippen LogP contribution >= 0.6 is 0 Å². The van der Waals surface area contributed by atoms with Gasteiger partial charge >= 0.3 is 6.18 Å². The molecule has 90 valence electrons. The molecule has 0 spiro atoms. The Bertz CT molecular complexity index is 461. The van der Waals surface area contributed by atoms with Crippen molar-refractivity contribution in [3.05, 3.63) is 41.7 Å². The van der Waals surface area contributed by atoms with Gasteiger partial charge in [-0.15, -0.1) is 0 Å². The third kappa shape index (κ3) is 2.96. The average molecular weight is 242 g/mol. The van der Waals surface area contributed by atoms with E-state index in [1.54, 1.807) is 0 Å². The van der Waals surface area contributed by atoms with Crippen molar-refractivity contribution in [3.8, 4) is 0 Å². The van der Waals surface area contributed by atoms with Gasteiger partial charge < -0.3 is 5.32 Å². The van der Waals surface area contributed by atoms with Crippen molar-refractivity contribution in [2.24, 2.45) is 0 Å². The molecule has 0 saturated carbocycles. The molecule has 0 amide bonds. The van der Waals surface area contributed by atoms with Crippen LogP contribution in [0.25, 0.3) is 0 Å². The van der Waals surface area contributed by atoms with Crippen LogP contribution in [0.3, 0.4) is 0 Å². The monoisotopic (exact) mass is 242 g/mol. The summed E-state index contributed by atoms with van der Waals surface area (Å²) >= 11 is 0. The number of benzene rings is 1. The van der Waals surface area contributed by atoms with Crippen LogP contribution in [0, 0.1) is 0 Å². The second-order valence-corrected chi connectivity index (χ2v) is 3.38. The van der Waals surface area contributed by atoms with E-state index in [9.17, 15) is 13.2 Å². The molecule has 0 atom stereocenters. The average Bonchev–Trinajstić information content (AvgIpc) is 2.78. The SMILES string of the molecule is FC(F)(F)c1ccc(CNc2ncn[nH]2)cc1. The van der Waals surface area contributed by atoms with Crippen LogP contribution in [0.2, 0.25) is 0 Å². The molecule has 2 rings (SSSR count). The number of aromatic amines is 1. The topological polar surface area (TPSA) is 53.6 Å². The molecule has 0 radical (unpaired) electrons. The first-order valence-corrected chi connectivity index (χ1v) is 4.81. The van der Waals surface area contributed by atoms with Crippen LogP contribution < -0.4 is 5.32 Å². The number of hydrogen-bond acceptors (Lipinski definition) is 3. The van der Waals surface area contributed by atoms with E-state index in [0.29, 0.717) is 12.5 Å². The van der Waals surface area contributed by atoms with Gasteiger partial charge in [-0.2, -0.15) is 18.3 Å². The van der Waals surface area contributed by atoms with Crippen molar-refractivity contribution in [1.29, 1.82) is 0 Å². The molecule has 0 saturated heterocycles. The maximum atomic E-state index is 12.3. The van der Waals surface area contributed by atoms with E-state index in [4.69, 9.17) is 0 Å². The predicted molar refractivity (Wildman–Crippen MR) is 55.2 cm³/mol. The molecule has 0 unspecified atom stereocenters. The highest BCUT2D eigenvalue weighted by Crippen LogP contribution is 2.29. The zero-order valence-electron chi connectivity index (χ0n) is 8.62. The van der Waals surface area contributed by atoms with E-state index >= 15 is 0 Å². The number of anilines is 1. The summed E-state index contributed by atoms with van der Waals surface area (Å²) in [6, 6.07) is 4.95. The van der Waals surface area contributed by atoms with Gasteiger partial charge in [-0.1, -0.05) is 12.1 Å². The minimum atomic E-state index is -4.29. The number of alkyl halides is 3. The number of H-pyrrole nitrogens is 1. The van der Waals surface area contributed by atoms with Crippen molar-refractivity contribution < 1.29 is 13.2 Å². The highest BCUT2D eigenvalue weighted by molar-refractivity contribution is 5.29. The standard InChI is InChI=1S/C10H9F3N4/c11-10(12,13)8-3-1-7(2-4-8)5-14-9-15-6-16-17-9/h1-4,6H,5H2,(H2,14,15,16,17). The Hall–Kier alpha value is -2.05. The Labute approximate surface area is 94.9 Å². The van der Waals surface area contributed by atoms with Gasteiger partial charge in [0.15, 0.2) is 0 Å². The largest absolute Gasteiger partial charge is 0.416 e. The summed E-state index contributed by atoms with van der Waals surface area (Å²) in [5, 5.41) is 9.11. The first-order chi connectivity index (χ1) is 8.05. The van der Waals surface area contributed by atoms with Gasteiger partial charge in [0.25, 0.3) is 0 Å². The molecular weight excluding hydrogens is 233 g/mol. The quantitative estimate of drug-likeness (QED) is 0.869. The minimum Gasteiger partial charge on any atom is -0.351 e. The van der Waals surface area contributed by atoms with E-state index in [0.717, 1.165) is 17.7 Å². The first-order valence-electron chi connectivity index (χ1n) is 4.81. The third-order valence-corrected chi connectivity index (χ3v) is 2.16. The van der Waals surface area contributed by atoms with Crippen LogP contribution in [-0.4, -0.2) is 15.2 Å². The fraction of sp³-hybridized carbons (Fsp3) is 0.200. The van der Waals surface area contributed by atoms with Gasteiger partial charge in [-0.05, 0) is 17.7 Å². The van der Waals surface area contributed by atoms with Crippen LogP contribution in [0.1, 0.15) is 11.1 Å². The lowest BCUT2D eigenvalue weighted by Gasteiger charge is -2.07. The maximum absolute atomic E-state index is 12.3. The number of rotatable bonds is 3. The number of nitrogens with one attached hydrogen (secondary N) is 2. The van der Waals surface area contributed by atoms with E-state index in [2.05, 4.69) is 20.5 Å². The maximum Gasteiger partial charge on any atom is 0.416 e. The number of halogens is 3. The molecule has 0 aliphatic carbocycles. The molecule has 7 heteroatoms. The van der Waals surface area contributed by atoms with Crippen molar-refractivity contribution in [1.82, 2.24) is 15.2 Å². The summed E-state index contributed by atoms with van der Waals surface area (Å²) in [6.45, 7) is 0.382. The molecule has 0 fully saturated rings. The van der Waals surface area contributed by atoms with Crippen molar-refractivity contribution >= 4 is 5.95 Å². The number of aromatic nitrogens is 3. The molecule has 0 aliphatic heterocycles. The van der Waals surface area contributed by atoms with Gasteiger partial charge in [0.1, 0.15) is 6.33 Å². The van der Waals surface area contributed by atoms with E-state index in [1.165, 1.54) is 18.5 Å². The molecule has 1 aromatic carbocycles. The molecule has 2 aromatic rings. The zero-order valence-corrected chi connectivity index (χ0v) is 8.62. The van der Waals surface area contributed by atoms with Gasteiger partial charge in [0.2, 0.25) is 5.95 Å². The minimum absolute atomic E-state index is 0.382. The second-order valence-electron chi connectivity index (χ2n) is 3.38. The molecule has 0 bridgehead atoms. The molecule has 1 heterocycles. The summed E-state index contributed by atoms with van der Waals surface area (Å²) in [6.07, 6.45) is -2.95. The lowest BCUT2D eigenvalue weighted by Crippen LogP contribution is -2.06. The Morgan fingerprint density at radius 3 is 2.41 bits per heavy atom. The molecule has 17 heavy (non-hydrogen) atoms. The van der Waals surface area contributed by atoms with Gasteiger partial charge in [0.05, 0.1) is 5.56 Å². The van der Waals surface area contributed by atoms with Gasteiger partial charge in [-0.25, -0.2) is 10.1 Å². The Morgan fingerprint density at radius 1 is 1.18 bits per heavy atom. The Balaban J connectivity index is 1.99. The van der Waals surface area contributed by atoms with Crippen LogP contribution in [0.15, 0.2) is 30.6 Å². The lowest BCUT2D eigenvalue weighted by molar-refractivity contribution is -0.137. The van der Waals surface area contributed by atoms with Crippen molar-refractivity contribution in [2.45, 2.75) is 12.7 Å². The van der Waals surface area contributed by atoms with Gasteiger partial charge in [0, 0.05) is 6.54 Å². The third-order valence-electron chi connectivity index (χ3n) is 2.16. The number of hydrogen-bond donors (Lipinski definition) is 2. The number of nitrogens with zero attached hydrogens (tertiary/aromatic N) is 2. The van der Waals surface area contributed by atoms with Gasteiger partial charge in [-0.3, -0.25) is 0 Å². The smallest absolute Gasteiger partial charge is 0.351 e. The highest BCUT2D eigenvalue weighted by atomic mass is 19.4. The lowest BCUT2D eigenvalue weighted by atomic mass is 10.1.